The van der Waals surface area contributed by atoms with Gasteiger partial charge in [-0.15, -0.1) is 0 Å². The number of amides is 1. The highest BCUT2D eigenvalue weighted by Crippen LogP contribution is 2.28. The third kappa shape index (κ3) is 4.72. The summed E-state index contributed by atoms with van der Waals surface area (Å²) < 4.78 is 0. The number of nitrogens with one attached hydrogen (secondary N) is 1. The highest BCUT2D eigenvalue weighted by Gasteiger charge is 2.25. The second-order valence-corrected chi connectivity index (χ2v) is 7.61. The van der Waals surface area contributed by atoms with Crippen molar-refractivity contribution in [3.8, 4) is 11.3 Å². The topological polar surface area (TPSA) is 61.9 Å². The summed E-state index contributed by atoms with van der Waals surface area (Å²) in [4.78, 5) is 19.0. The summed E-state index contributed by atoms with van der Waals surface area (Å²) in [5.74, 6) is 0.132. The van der Waals surface area contributed by atoms with Crippen LogP contribution in [-0.4, -0.2) is 32.5 Å². The van der Waals surface area contributed by atoms with Crippen molar-refractivity contribution in [3.05, 3.63) is 102 Å². The van der Waals surface area contributed by atoms with E-state index in [9.17, 15) is 4.79 Å². The van der Waals surface area contributed by atoms with Gasteiger partial charge in [0.15, 0.2) is 0 Å². The Labute approximate surface area is 182 Å². The van der Waals surface area contributed by atoms with E-state index in [1.165, 1.54) is 0 Å². The molecule has 1 aliphatic rings. The van der Waals surface area contributed by atoms with E-state index in [1.54, 1.807) is 12.4 Å². The minimum Gasteiger partial charge on any atom is -0.338 e. The number of carbonyl (C=O) groups is 1. The maximum Gasteiger partial charge on any atom is 0.227 e. The molecule has 31 heavy (non-hydrogen) atoms. The highest BCUT2D eigenvalue weighted by atomic mass is 16.2. The maximum atomic E-state index is 13.0. The molecular weight excluding hydrogens is 384 g/mol. The lowest BCUT2D eigenvalue weighted by atomic mass is 10.00. The molecule has 4 rings (SSSR count). The van der Waals surface area contributed by atoms with Gasteiger partial charge in [0.25, 0.3) is 0 Å². The lowest BCUT2D eigenvalue weighted by molar-refractivity contribution is -0.131. The maximum absolute atomic E-state index is 13.0. The van der Waals surface area contributed by atoms with Crippen LogP contribution >= 0.6 is 0 Å². The van der Waals surface area contributed by atoms with Crippen LogP contribution in [0.3, 0.4) is 0 Å². The summed E-state index contributed by atoms with van der Waals surface area (Å²) in [6.45, 7) is 7.36. The number of benzene rings is 1. The van der Waals surface area contributed by atoms with Crippen LogP contribution in [-0.2, 0) is 24.2 Å². The summed E-state index contributed by atoms with van der Waals surface area (Å²) in [6, 6.07) is 12.0. The predicted molar refractivity (Wildman–Crippen MR) is 124 cm³/mol. The molecule has 1 aromatic carbocycles. The average Bonchev–Trinajstić information content (AvgIpc) is 3.23. The van der Waals surface area contributed by atoms with Gasteiger partial charge in [0, 0.05) is 48.7 Å². The van der Waals surface area contributed by atoms with Gasteiger partial charge in [0.1, 0.15) is 0 Å². The van der Waals surface area contributed by atoms with E-state index >= 15 is 0 Å². The quantitative estimate of drug-likeness (QED) is 0.597. The smallest absolute Gasteiger partial charge is 0.227 e. The third-order valence-corrected chi connectivity index (χ3v) is 5.52. The first-order chi connectivity index (χ1) is 15.2. The van der Waals surface area contributed by atoms with Crippen LogP contribution in [0.15, 0.2) is 79.7 Å². The van der Waals surface area contributed by atoms with Crippen LogP contribution in [0.2, 0.25) is 0 Å². The number of H-pyrrole nitrogens is 1. The molecule has 0 fully saturated rings. The Kier molecular flexibility index (Phi) is 6.22. The van der Waals surface area contributed by atoms with Crippen LogP contribution in [0.1, 0.15) is 29.3 Å². The fraction of sp³-hybridized carbons (Fsp3) is 0.192. The molecule has 0 bridgehead atoms. The largest absolute Gasteiger partial charge is 0.338 e. The summed E-state index contributed by atoms with van der Waals surface area (Å²) in [7, 11) is 0. The van der Waals surface area contributed by atoms with Crippen molar-refractivity contribution < 1.29 is 4.79 Å². The molecular formula is C26H26N4O. The molecule has 0 atom stereocenters. The Bertz CT molecular complexity index is 1120. The molecule has 1 N–H and O–H groups in total. The van der Waals surface area contributed by atoms with E-state index in [2.05, 4.69) is 21.8 Å². The van der Waals surface area contributed by atoms with Gasteiger partial charge >= 0.3 is 0 Å². The summed E-state index contributed by atoms with van der Waals surface area (Å²) in [5, 5.41) is 7.63. The molecule has 5 nitrogen and oxygen atoms in total. The van der Waals surface area contributed by atoms with Gasteiger partial charge in [-0.3, -0.25) is 14.9 Å². The number of aromatic amines is 1. The first-order valence-corrected chi connectivity index (χ1v) is 10.5. The number of carbonyl (C=O) groups excluding carboxylic acids is 1. The Morgan fingerprint density at radius 3 is 2.68 bits per heavy atom. The Balaban J connectivity index is 1.42. The number of hydrogen-bond donors (Lipinski definition) is 1. The molecule has 1 amide bonds. The van der Waals surface area contributed by atoms with Gasteiger partial charge in [-0.2, -0.15) is 5.10 Å². The minimum absolute atomic E-state index is 0.132. The van der Waals surface area contributed by atoms with E-state index in [-0.39, 0.29) is 5.91 Å². The molecule has 0 unspecified atom stereocenters. The van der Waals surface area contributed by atoms with E-state index < -0.39 is 0 Å². The summed E-state index contributed by atoms with van der Waals surface area (Å²) >= 11 is 0. The Morgan fingerprint density at radius 2 is 1.94 bits per heavy atom. The Hall–Kier alpha value is -3.73. The van der Waals surface area contributed by atoms with Crippen molar-refractivity contribution in [2.24, 2.45) is 0 Å². The van der Waals surface area contributed by atoms with Crippen LogP contribution in [0, 0.1) is 0 Å². The first kappa shape index (κ1) is 20.5. The van der Waals surface area contributed by atoms with Crippen LogP contribution in [0.4, 0.5) is 0 Å². The molecule has 0 aliphatic carbocycles. The number of hydrogen-bond acceptors (Lipinski definition) is 3. The molecule has 0 spiro atoms. The molecule has 1 aliphatic heterocycles. The number of fused-ring (bicyclic) bond motifs is 1. The fourth-order valence-corrected chi connectivity index (χ4v) is 3.76. The minimum atomic E-state index is 0.132. The molecule has 0 saturated heterocycles. The summed E-state index contributed by atoms with van der Waals surface area (Å²) in [5.41, 5.74) is 7.15. The molecule has 0 radical (unpaired) electrons. The van der Waals surface area contributed by atoms with Crippen molar-refractivity contribution in [1.82, 2.24) is 20.1 Å². The highest BCUT2D eigenvalue weighted by molar-refractivity contribution is 5.80. The molecule has 0 saturated carbocycles. The zero-order valence-electron chi connectivity index (χ0n) is 17.7. The number of nitrogens with zero attached hydrogens (tertiary/aromatic N) is 3. The second-order valence-electron chi connectivity index (χ2n) is 7.61. The monoisotopic (exact) mass is 410 g/mol. The predicted octanol–water partition coefficient (Wildman–Crippen LogP) is 4.74. The zero-order valence-corrected chi connectivity index (χ0v) is 17.7. The number of aromatic nitrogens is 3. The molecule has 5 heteroatoms. The van der Waals surface area contributed by atoms with E-state index in [0.717, 1.165) is 45.6 Å². The van der Waals surface area contributed by atoms with E-state index in [1.807, 2.05) is 72.5 Å². The van der Waals surface area contributed by atoms with Crippen molar-refractivity contribution in [3.63, 3.8) is 0 Å². The number of rotatable bonds is 6. The van der Waals surface area contributed by atoms with E-state index in [4.69, 9.17) is 0 Å². The SMILES string of the molecule is C=C(C=CC=CC)c1ccc(CC(=O)N2CCc3[nH]nc(-c4ccncc4)c3C2)cc1. The zero-order chi connectivity index (χ0) is 21.6. The molecule has 156 valence electrons. The number of allylic oxidation sites excluding steroid dienone is 5. The first-order valence-electron chi connectivity index (χ1n) is 10.5. The standard InChI is InChI=1S/C26H26N4O/c1-3-4-5-6-19(2)21-9-7-20(8-10-21)17-25(31)30-16-13-24-23(18-30)26(29-28-24)22-11-14-27-15-12-22/h3-12,14-15H,2,13,16-18H2,1H3,(H,28,29). The number of pyridine rings is 1. The average molecular weight is 411 g/mol. The van der Waals surface area contributed by atoms with Crippen LogP contribution in [0.25, 0.3) is 16.8 Å². The van der Waals surface area contributed by atoms with Crippen LogP contribution in [0.5, 0.6) is 0 Å². The van der Waals surface area contributed by atoms with Gasteiger partial charge in [-0.1, -0.05) is 55.1 Å². The van der Waals surface area contributed by atoms with Gasteiger partial charge in [0.2, 0.25) is 5.91 Å². The van der Waals surface area contributed by atoms with Crippen molar-refractivity contribution in [2.75, 3.05) is 6.54 Å². The fourth-order valence-electron chi connectivity index (χ4n) is 3.76. The lowest BCUT2D eigenvalue weighted by Gasteiger charge is -2.27. The van der Waals surface area contributed by atoms with Gasteiger partial charge in [-0.25, -0.2) is 0 Å². The summed E-state index contributed by atoms with van der Waals surface area (Å²) in [6.07, 6.45) is 12.6. The van der Waals surface area contributed by atoms with E-state index in [0.29, 0.717) is 19.5 Å². The Morgan fingerprint density at radius 1 is 1.16 bits per heavy atom. The van der Waals surface area contributed by atoms with Gasteiger partial charge in [-0.05, 0) is 35.8 Å². The van der Waals surface area contributed by atoms with Crippen molar-refractivity contribution >= 4 is 11.5 Å². The van der Waals surface area contributed by atoms with Gasteiger partial charge in [0.05, 0.1) is 12.1 Å². The lowest BCUT2D eigenvalue weighted by Crippen LogP contribution is -2.36. The third-order valence-electron chi connectivity index (χ3n) is 5.52. The van der Waals surface area contributed by atoms with Crippen molar-refractivity contribution in [1.29, 1.82) is 0 Å². The normalized spacial score (nSPS) is 13.6. The van der Waals surface area contributed by atoms with Crippen LogP contribution < -0.4 is 0 Å². The van der Waals surface area contributed by atoms with Crippen molar-refractivity contribution in [2.45, 2.75) is 26.3 Å². The van der Waals surface area contributed by atoms with Gasteiger partial charge < -0.3 is 4.90 Å². The molecule has 3 heterocycles. The second kappa shape index (κ2) is 9.39. The molecule has 3 aromatic rings. The molecule has 2 aromatic heterocycles.